The van der Waals surface area contributed by atoms with E-state index in [4.69, 9.17) is 4.74 Å². The number of methoxy groups -OCH3 is 1. The molecule has 5 rings (SSSR count). The number of carbonyl (C=O) groups is 1. The molecule has 0 spiro atoms. The highest BCUT2D eigenvalue weighted by Crippen LogP contribution is 2.32. The maximum atomic E-state index is 14.8. The normalized spacial score (nSPS) is 14.3. The first-order chi connectivity index (χ1) is 16.9. The van der Waals surface area contributed by atoms with E-state index in [1.54, 1.807) is 48.5 Å². The van der Waals surface area contributed by atoms with Crippen molar-refractivity contribution in [2.45, 2.75) is 0 Å². The number of anilines is 2. The molecule has 1 aromatic heterocycles. The summed E-state index contributed by atoms with van der Waals surface area (Å²) in [6.07, 6.45) is 0. The third-order valence-electron chi connectivity index (χ3n) is 6.34. The highest BCUT2D eigenvalue weighted by atomic mass is 19.1. The summed E-state index contributed by atoms with van der Waals surface area (Å²) in [5.41, 5.74) is 2.35. The monoisotopic (exact) mass is 477 g/mol. The number of ether oxygens (including phenoxy) is 1. The van der Waals surface area contributed by atoms with Crippen molar-refractivity contribution in [3.63, 3.8) is 0 Å². The molecule has 1 fully saturated rings. The summed E-state index contributed by atoms with van der Waals surface area (Å²) >= 11 is 0. The number of aromatic amines is 1. The number of nitrogens with one attached hydrogen (secondary N) is 2. The first kappa shape index (κ1) is 22.8. The number of benzene rings is 3. The van der Waals surface area contributed by atoms with E-state index in [9.17, 15) is 13.6 Å². The fraction of sp³-hybridized carbons (Fsp3) is 0.231. The minimum atomic E-state index is -0.467. The molecule has 0 unspecified atom stereocenters. The molecule has 1 aliphatic rings. The van der Waals surface area contributed by atoms with Crippen LogP contribution in [0.25, 0.3) is 22.0 Å². The van der Waals surface area contributed by atoms with Crippen LogP contribution in [0.15, 0.2) is 54.6 Å². The summed E-state index contributed by atoms with van der Waals surface area (Å²) in [6.45, 7) is 3.19. The smallest absolute Gasteiger partial charge is 0.256 e. The molecule has 0 aliphatic carbocycles. The van der Waals surface area contributed by atoms with Gasteiger partial charge in [0.2, 0.25) is 0 Å². The number of nitrogens with zero attached hydrogens (tertiary/aromatic N) is 3. The molecule has 2 heterocycles. The number of amides is 1. The molecule has 3 aromatic carbocycles. The molecule has 2 N–H and O–H groups in total. The van der Waals surface area contributed by atoms with Crippen LogP contribution in [0.3, 0.4) is 0 Å². The molecule has 4 aromatic rings. The van der Waals surface area contributed by atoms with Gasteiger partial charge in [-0.2, -0.15) is 5.10 Å². The average Bonchev–Trinajstić information content (AvgIpc) is 3.26. The maximum absolute atomic E-state index is 14.8. The summed E-state index contributed by atoms with van der Waals surface area (Å²) < 4.78 is 34.6. The van der Waals surface area contributed by atoms with E-state index in [-0.39, 0.29) is 11.3 Å². The summed E-state index contributed by atoms with van der Waals surface area (Å²) in [5.74, 6) is -0.883. The quantitative estimate of drug-likeness (QED) is 0.442. The van der Waals surface area contributed by atoms with Crippen LogP contribution in [0.4, 0.5) is 20.3 Å². The Balaban J connectivity index is 1.35. The zero-order valence-corrected chi connectivity index (χ0v) is 19.4. The first-order valence-corrected chi connectivity index (χ1v) is 11.3. The van der Waals surface area contributed by atoms with Gasteiger partial charge in [0.1, 0.15) is 5.82 Å². The molecule has 7 nitrogen and oxygen atoms in total. The largest absolute Gasteiger partial charge is 0.494 e. The van der Waals surface area contributed by atoms with E-state index in [2.05, 4.69) is 20.4 Å². The van der Waals surface area contributed by atoms with Gasteiger partial charge in [0.05, 0.1) is 18.3 Å². The van der Waals surface area contributed by atoms with Gasteiger partial charge >= 0.3 is 0 Å². The Morgan fingerprint density at radius 2 is 1.86 bits per heavy atom. The van der Waals surface area contributed by atoms with E-state index in [0.717, 1.165) is 26.2 Å². The lowest BCUT2D eigenvalue weighted by Crippen LogP contribution is -2.44. The van der Waals surface area contributed by atoms with Crippen LogP contribution in [0.5, 0.6) is 5.75 Å². The standard InChI is InChI=1S/C26H25F2N5O2/c1-32-10-12-33(13-11-32)22-9-7-17(14-20(22)27)26(34)29-25-19-8-6-16(15-21(19)30-31-25)18-4-3-5-23(35-2)24(18)28/h3-9,14-15H,10-13H2,1-2H3,(H2,29,30,31,34). The second kappa shape index (κ2) is 9.34. The third-order valence-corrected chi connectivity index (χ3v) is 6.34. The van der Waals surface area contributed by atoms with Gasteiger partial charge in [0, 0.05) is 42.7 Å². The van der Waals surface area contributed by atoms with Gasteiger partial charge in [-0.3, -0.25) is 9.89 Å². The molecule has 1 amide bonds. The molecular weight excluding hydrogens is 452 g/mol. The van der Waals surface area contributed by atoms with Gasteiger partial charge in [-0.25, -0.2) is 8.78 Å². The Labute approximate surface area is 201 Å². The zero-order valence-electron chi connectivity index (χ0n) is 19.4. The average molecular weight is 478 g/mol. The van der Waals surface area contributed by atoms with Crippen LogP contribution in [-0.4, -0.2) is 61.3 Å². The van der Waals surface area contributed by atoms with Crippen molar-refractivity contribution in [3.8, 4) is 16.9 Å². The van der Waals surface area contributed by atoms with Crippen molar-refractivity contribution >= 4 is 28.3 Å². The van der Waals surface area contributed by atoms with Crippen LogP contribution in [0.1, 0.15) is 10.4 Å². The summed E-state index contributed by atoms with van der Waals surface area (Å²) in [6, 6.07) is 14.7. The first-order valence-electron chi connectivity index (χ1n) is 11.3. The lowest BCUT2D eigenvalue weighted by atomic mass is 10.0. The highest BCUT2D eigenvalue weighted by molar-refractivity contribution is 6.08. The number of hydrogen-bond donors (Lipinski definition) is 2. The lowest BCUT2D eigenvalue weighted by molar-refractivity contribution is 0.102. The van der Waals surface area contributed by atoms with E-state index in [1.165, 1.54) is 13.2 Å². The Kier molecular flexibility index (Phi) is 6.08. The molecule has 0 bridgehead atoms. The third kappa shape index (κ3) is 4.42. The molecule has 0 radical (unpaired) electrons. The van der Waals surface area contributed by atoms with Gasteiger partial charge in [-0.1, -0.05) is 18.2 Å². The molecule has 0 atom stereocenters. The Morgan fingerprint density at radius 3 is 2.60 bits per heavy atom. The Morgan fingerprint density at radius 1 is 1.06 bits per heavy atom. The number of halogens is 2. The second-order valence-corrected chi connectivity index (χ2v) is 8.57. The Hall–Kier alpha value is -3.98. The van der Waals surface area contributed by atoms with Gasteiger partial charge in [-0.15, -0.1) is 0 Å². The number of hydrogen-bond acceptors (Lipinski definition) is 5. The van der Waals surface area contributed by atoms with Crippen LogP contribution in [0, 0.1) is 11.6 Å². The summed E-state index contributed by atoms with van der Waals surface area (Å²) in [4.78, 5) is 17.0. The van der Waals surface area contributed by atoms with Gasteiger partial charge in [0.25, 0.3) is 5.91 Å². The minimum Gasteiger partial charge on any atom is -0.494 e. The Bertz CT molecular complexity index is 1400. The van der Waals surface area contributed by atoms with E-state index < -0.39 is 17.5 Å². The maximum Gasteiger partial charge on any atom is 0.256 e. The van der Waals surface area contributed by atoms with Crippen LogP contribution in [-0.2, 0) is 0 Å². The number of H-pyrrole nitrogens is 1. The van der Waals surface area contributed by atoms with E-state index in [0.29, 0.717) is 33.5 Å². The fourth-order valence-electron chi connectivity index (χ4n) is 4.31. The number of carbonyl (C=O) groups excluding carboxylic acids is 1. The van der Waals surface area contributed by atoms with Crippen molar-refractivity contribution < 1.29 is 18.3 Å². The SMILES string of the molecule is COc1cccc(-c2ccc3c(NC(=O)c4ccc(N5CCN(C)CC5)c(F)c4)n[nH]c3c2)c1F. The number of rotatable bonds is 5. The van der Waals surface area contributed by atoms with Crippen molar-refractivity contribution in [1.82, 2.24) is 15.1 Å². The van der Waals surface area contributed by atoms with Crippen molar-refractivity contribution in [3.05, 3.63) is 71.8 Å². The minimum absolute atomic E-state index is 0.158. The number of aromatic nitrogens is 2. The number of likely N-dealkylation sites (N-methyl/N-ethyl adjacent to an activating group) is 1. The van der Waals surface area contributed by atoms with Crippen molar-refractivity contribution in [2.24, 2.45) is 0 Å². The zero-order chi connectivity index (χ0) is 24.5. The highest BCUT2D eigenvalue weighted by Gasteiger charge is 2.20. The lowest BCUT2D eigenvalue weighted by Gasteiger charge is -2.34. The second-order valence-electron chi connectivity index (χ2n) is 8.57. The molecule has 35 heavy (non-hydrogen) atoms. The molecule has 0 saturated carbocycles. The number of piperazine rings is 1. The van der Waals surface area contributed by atoms with Crippen molar-refractivity contribution in [1.29, 1.82) is 0 Å². The topological polar surface area (TPSA) is 73.5 Å². The molecular formula is C26H25F2N5O2. The predicted molar refractivity (Wildman–Crippen MR) is 132 cm³/mol. The predicted octanol–water partition coefficient (Wildman–Crippen LogP) is 4.52. The van der Waals surface area contributed by atoms with E-state index >= 15 is 0 Å². The van der Waals surface area contributed by atoms with Crippen LogP contribution < -0.4 is 15.0 Å². The van der Waals surface area contributed by atoms with Gasteiger partial charge < -0.3 is 19.9 Å². The molecule has 9 heteroatoms. The molecule has 180 valence electrons. The number of fused-ring (bicyclic) bond motifs is 1. The van der Waals surface area contributed by atoms with Crippen LogP contribution in [0.2, 0.25) is 0 Å². The summed E-state index contributed by atoms with van der Waals surface area (Å²) in [7, 11) is 3.46. The molecule has 1 saturated heterocycles. The molecule has 1 aliphatic heterocycles. The van der Waals surface area contributed by atoms with Crippen molar-refractivity contribution in [2.75, 3.05) is 50.6 Å². The van der Waals surface area contributed by atoms with Gasteiger partial charge in [-0.05, 0) is 49.0 Å². The fourth-order valence-corrected chi connectivity index (χ4v) is 4.31. The van der Waals surface area contributed by atoms with Gasteiger partial charge in [0.15, 0.2) is 17.4 Å². The van der Waals surface area contributed by atoms with E-state index in [1.807, 2.05) is 11.9 Å². The summed E-state index contributed by atoms with van der Waals surface area (Å²) in [5, 5.41) is 10.4. The van der Waals surface area contributed by atoms with Crippen LogP contribution >= 0.6 is 0 Å².